The zero-order valence-corrected chi connectivity index (χ0v) is 17.9. The summed E-state index contributed by atoms with van der Waals surface area (Å²) in [5, 5.41) is 0. The molecule has 2 aromatic rings. The number of sulfonamides is 1. The first-order chi connectivity index (χ1) is 14.3. The van der Waals surface area contributed by atoms with Crippen LogP contribution in [0.25, 0.3) is 0 Å². The minimum atomic E-state index is -3.87. The van der Waals surface area contributed by atoms with E-state index < -0.39 is 28.1 Å². The zero-order chi connectivity index (χ0) is 21.7. The number of hydrogen-bond acceptors (Lipinski definition) is 5. The molecule has 1 N–H and O–H groups in total. The standard InChI is InChI=1S/C23H25NO5S/c1-16-12-14-19(15-13-16)30(26,27)24-22(18-8-4-5-9-18)23(29-17(2)25)20-10-6-7-11-21(20)28-3/h4-15,18,22-24H,1-3H3/t22-,23+/m1/s1. The van der Waals surface area contributed by atoms with Crippen molar-refractivity contribution in [3.05, 3.63) is 84.0 Å². The van der Waals surface area contributed by atoms with Gasteiger partial charge in [-0.15, -0.1) is 0 Å². The first-order valence-corrected chi connectivity index (χ1v) is 11.0. The highest BCUT2D eigenvalue weighted by Gasteiger charge is 2.36. The Hall–Kier alpha value is -2.90. The summed E-state index contributed by atoms with van der Waals surface area (Å²) in [5.74, 6) is -0.315. The van der Waals surface area contributed by atoms with Gasteiger partial charge in [-0.05, 0) is 25.1 Å². The van der Waals surface area contributed by atoms with Crippen LogP contribution in [0.2, 0.25) is 0 Å². The second kappa shape index (κ2) is 9.28. The molecule has 2 aromatic carbocycles. The molecule has 1 aliphatic rings. The average Bonchev–Trinajstić information content (AvgIpc) is 3.25. The predicted octanol–water partition coefficient (Wildman–Crippen LogP) is 3.70. The normalized spacial score (nSPS) is 15.7. The number of benzene rings is 2. The molecule has 7 heteroatoms. The molecule has 0 amide bonds. The highest BCUT2D eigenvalue weighted by atomic mass is 32.2. The van der Waals surface area contributed by atoms with E-state index in [1.54, 1.807) is 48.5 Å². The second-order valence-electron chi connectivity index (χ2n) is 7.08. The molecule has 0 bridgehead atoms. The highest BCUT2D eigenvalue weighted by Crippen LogP contribution is 2.35. The third-order valence-electron chi connectivity index (χ3n) is 4.88. The molecule has 1 aliphatic carbocycles. The van der Waals surface area contributed by atoms with Crippen molar-refractivity contribution in [1.29, 1.82) is 0 Å². The van der Waals surface area contributed by atoms with Crippen LogP contribution in [0, 0.1) is 12.8 Å². The van der Waals surface area contributed by atoms with E-state index in [0.717, 1.165) is 5.56 Å². The summed E-state index contributed by atoms with van der Waals surface area (Å²) in [5.41, 5.74) is 1.54. The van der Waals surface area contributed by atoms with Gasteiger partial charge in [0.2, 0.25) is 10.0 Å². The molecule has 0 heterocycles. The molecule has 0 unspecified atom stereocenters. The minimum Gasteiger partial charge on any atom is -0.496 e. The van der Waals surface area contributed by atoms with E-state index in [9.17, 15) is 13.2 Å². The highest BCUT2D eigenvalue weighted by molar-refractivity contribution is 7.89. The SMILES string of the molecule is COc1ccccc1[C@H](OC(C)=O)[C@H](NS(=O)(=O)c1ccc(C)cc1)C1C=CC=C1. The van der Waals surface area contributed by atoms with Crippen LogP contribution in [0.4, 0.5) is 0 Å². The zero-order valence-electron chi connectivity index (χ0n) is 17.1. The molecular formula is C23H25NO5S. The van der Waals surface area contributed by atoms with Crippen molar-refractivity contribution in [1.82, 2.24) is 4.72 Å². The fraction of sp³-hybridized carbons (Fsp3) is 0.261. The maximum Gasteiger partial charge on any atom is 0.303 e. The summed E-state index contributed by atoms with van der Waals surface area (Å²) < 4.78 is 40.2. The molecule has 2 atom stereocenters. The number of para-hydroxylation sites is 1. The number of carbonyl (C=O) groups excluding carboxylic acids is 1. The van der Waals surface area contributed by atoms with E-state index in [0.29, 0.717) is 11.3 Å². The maximum absolute atomic E-state index is 13.2. The topological polar surface area (TPSA) is 81.7 Å². The van der Waals surface area contributed by atoms with Crippen molar-refractivity contribution in [2.24, 2.45) is 5.92 Å². The predicted molar refractivity (Wildman–Crippen MR) is 115 cm³/mol. The Morgan fingerprint density at radius 3 is 2.27 bits per heavy atom. The van der Waals surface area contributed by atoms with Crippen LogP contribution in [0.3, 0.4) is 0 Å². The van der Waals surface area contributed by atoms with Crippen molar-refractivity contribution < 1.29 is 22.7 Å². The molecule has 0 radical (unpaired) electrons. The van der Waals surface area contributed by atoms with E-state index >= 15 is 0 Å². The van der Waals surface area contributed by atoms with E-state index in [-0.39, 0.29) is 10.8 Å². The monoisotopic (exact) mass is 427 g/mol. The van der Waals surface area contributed by atoms with Crippen LogP contribution < -0.4 is 9.46 Å². The largest absolute Gasteiger partial charge is 0.496 e. The van der Waals surface area contributed by atoms with Gasteiger partial charge in [-0.1, -0.05) is 60.2 Å². The number of carbonyl (C=O) groups is 1. The third kappa shape index (κ3) is 4.98. The van der Waals surface area contributed by atoms with Gasteiger partial charge in [-0.3, -0.25) is 4.79 Å². The lowest BCUT2D eigenvalue weighted by molar-refractivity contribution is -0.148. The molecule has 0 saturated heterocycles. The van der Waals surface area contributed by atoms with Gasteiger partial charge in [0.1, 0.15) is 11.9 Å². The summed E-state index contributed by atoms with van der Waals surface area (Å²) in [6.45, 7) is 3.19. The summed E-state index contributed by atoms with van der Waals surface area (Å²) in [7, 11) is -2.35. The molecular weight excluding hydrogens is 402 g/mol. The third-order valence-corrected chi connectivity index (χ3v) is 6.35. The molecule has 0 saturated carbocycles. The van der Waals surface area contributed by atoms with E-state index in [1.165, 1.54) is 14.0 Å². The van der Waals surface area contributed by atoms with Crippen molar-refractivity contribution in [2.45, 2.75) is 30.9 Å². The minimum absolute atomic E-state index is 0.144. The van der Waals surface area contributed by atoms with Gasteiger partial charge in [-0.25, -0.2) is 13.1 Å². The molecule has 158 valence electrons. The Morgan fingerprint density at radius 2 is 1.67 bits per heavy atom. The van der Waals surface area contributed by atoms with E-state index in [4.69, 9.17) is 9.47 Å². The number of methoxy groups -OCH3 is 1. The summed E-state index contributed by atoms with van der Waals surface area (Å²) in [6.07, 6.45) is 6.52. The molecule has 0 fully saturated rings. The lowest BCUT2D eigenvalue weighted by atomic mass is 9.92. The maximum atomic E-state index is 13.2. The Labute approximate surface area is 177 Å². The lowest BCUT2D eigenvalue weighted by Crippen LogP contribution is -2.44. The Bertz CT molecular complexity index is 1050. The fourth-order valence-electron chi connectivity index (χ4n) is 3.41. The number of nitrogens with one attached hydrogen (secondary N) is 1. The van der Waals surface area contributed by atoms with Crippen molar-refractivity contribution in [2.75, 3.05) is 7.11 Å². The Morgan fingerprint density at radius 1 is 1.03 bits per heavy atom. The number of rotatable bonds is 8. The van der Waals surface area contributed by atoms with Crippen LogP contribution in [0.5, 0.6) is 5.75 Å². The van der Waals surface area contributed by atoms with Gasteiger partial charge in [0, 0.05) is 18.4 Å². The molecule has 3 rings (SSSR count). The smallest absolute Gasteiger partial charge is 0.303 e. The molecule has 0 spiro atoms. The molecule has 30 heavy (non-hydrogen) atoms. The van der Waals surface area contributed by atoms with E-state index in [2.05, 4.69) is 4.72 Å². The summed E-state index contributed by atoms with van der Waals surface area (Å²) in [4.78, 5) is 12.1. The number of aryl methyl sites for hydroxylation is 1. The van der Waals surface area contributed by atoms with Crippen LogP contribution in [0.1, 0.15) is 24.2 Å². The van der Waals surface area contributed by atoms with Crippen molar-refractivity contribution >= 4 is 16.0 Å². The van der Waals surface area contributed by atoms with Gasteiger partial charge in [-0.2, -0.15) is 0 Å². The van der Waals surface area contributed by atoms with Gasteiger partial charge in [0.05, 0.1) is 18.0 Å². The summed E-state index contributed by atoms with van der Waals surface area (Å²) >= 11 is 0. The first kappa shape index (κ1) is 21.8. The Kier molecular flexibility index (Phi) is 6.74. The van der Waals surface area contributed by atoms with Gasteiger partial charge >= 0.3 is 5.97 Å². The average molecular weight is 428 g/mol. The fourth-order valence-corrected chi connectivity index (χ4v) is 4.68. The lowest BCUT2D eigenvalue weighted by Gasteiger charge is -2.31. The van der Waals surface area contributed by atoms with Crippen molar-refractivity contribution in [3.8, 4) is 5.75 Å². The van der Waals surface area contributed by atoms with E-state index in [1.807, 2.05) is 31.2 Å². The molecule has 0 aliphatic heterocycles. The van der Waals surface area contributed by atoms with Crippen LogP contribution in [0.15, 0.2) is 77.7 Å². The van der Waals surface area contributed by atoms with Crippen LogP contribution in [-0.4, -0.2) is 27.5 Å². The Balaban J connectivity index is 2.06. The van der Waals surface area contributed by atoms with Crippen LogP contribution >= 0.6 is 0 Å². The van der Waals surface area contributed by atoms with Crippen molar-refractivity contribution in [3.63, 3.8) is 0 Å². The quantitative estimate of drug-likeness (QED) is 0.650. The number of allylic oxidation sites excluding steroid dienone is 2. The first-order valence-electron chi connectivity index (χ1n) is 9.56. The van der Waals surface area contributed by atoms with Crippen LogP contribution in [-0.2, 0) is 19.6 Å². The van der Waals surface area contributed by atoms with Gasteiger partial charge in [0.25, 0.3) is 0 Å². The second-order valence-corrected chi connectivity index (χ2v) is 8.79. The molecule has 6 nitrogen and oxygen atoms in total. The number of esters is 1. The number of ether oxygens (including phenoxy) is 2. The summed E-state index contributed by atoms with van der Waals surface area (Å²) in [6, 6.07) is 12.9. The van der Waals surface area contributed by atoms with Gasteiger partial charge < -0.3 is 9.47 Å². The molecule has 0 aromatic heterocycles. The number of hydrogen-bond donors (Lipinski definition) is 1. The van der Waals surface area contributed by atoms with Gasteiger partial charge in [0.15, 0.2) is 0 Å².